The van der Waals surface area contributed by atoms with Gasteiger partial charge in [0.1, 0.15) is 11.1 Å². The summed E-state index contributed by atoms with van der Waals surface area (Å²) in [5.41, 5.74) is 3.38. The van der Waals surface area contributed by atoms with Crippen LogP contribution in [0.5, 0.6) is 0 Å². The topological polar surface area (TPSA) is 113 Å². The van der Waals surface area contributed by atoms with Crippen LogP contribution in [0, 0.1) is 18.3 Å². The molecule has 0 spiro atoms. The van der Waals surface area contributed by atoms with Crippen LogP contribution in [0.15, 0.2) is 29.4 Å². The highest BCUT2D eigenvalue weighted by Crippen LogP contribution is 2.37. The molecule has 1 aliphatic rings. The highest BCUT2D eigenvalue weighted by Gasteiger charge is 2.23. The average Bonchev–Trinajstić information content (AvgIpc) is 3.37. The Labute approximate surface area is 206 Å². The lowest BCUT2D eigenvalue weighted by Crippen LogP contribution is -2.28. The molecule has 2 heterocycles. The first kappa shape index (κ1) is 24.0. The predicted octanol–water partition coefficient (Wildman–Crippen LogP) is 4.16. The highest BCUT2D eigenvalue weighted by molar-refractivity contribution is 7.99. The van der Waals surface area contributed by atoms with Crippen molar-refractivity contribution in [2.24, 2.45) is 7.05 Å². The summed E-state index contributed by atoms with van der Waals surface area (Å²) in [6.07, 6.45) is 4.08. The number of nitriles is 1. The van der Waals surface area contributed by atoms with Gasteiger partial charge in [0.25, 0.3) is 5.91 Å². The van der Waals surface area contributed by atoms with Gasteiger partial charge in [-0.2, -0.15) is 5.26 Å². The van der Waals surface area contributed by atoms with Crippen LogP contribution in [0.1, 0.15) is 63.6 Å². The summed E-state index contributed by atoms with van der Waals surface area (Å²) in [6.45, 7) is 3.82. The zero-order chi connectivity index (χ0) is 24.2. The third-order valence-corrected chi connectivity index (χ3v) is 8.01. The van der Waals surface area contributed by atoms with Gasteiger partial charge in [0.2, 0.25) is 5.91 Å². The van der Waals surface area contributed by atoms with Gasteiger partial charge in [0.05, 0.1) is 17.4 Å². The van der Waals surface area contributed by atoms with Crippen LogP contribution >= 0.6 is 23.1 Å². The van der Waals surface area contributed by atoms with E-state index in [0.717, 1.165) is 36.8 Å². The number of aromatic nitrogens is 3. The Morgan fingerprint density at radius 2 is 1.97 bits per heavy atom. The van der Waals surface area contributed by atoms with Gasteiger partial charge < -0.3 is 15.2 Å². The quantitative estimate of drug-likeness (QED) is 0.477. The van der Waals surface area contributed by atoms with E-state index in [-0.39, 0.29) is 23.6 Å². The van der Waals surface area contributed by atoms with E-state index < -0.39 is 0 Å². The molecule has 2 aromatic heterocycles. The number of rotatable bonds is 7. The Morgan fingerprint density at radius 3 is 2.71 bits per heavy atom. The summed E-state index contributed by atoms with van der Waals surface area (Å²) < 4.78 is 1.78. The van der Waals surface area contributed by atoms with Gasteiger partial charge in [-0.25, -0.2) is 0 Å². The molecule has 0 bridgehead atoms. The van der Waals surface area contributed by atoms with Crippen molar-refractivity contribution in [1.29, 1.82) is 5.26 Å². The number of carbonyl (C=O) groups excluding carboxylic acids is 2. The molecular formula is C24H26N6O2S2. The largest absolute Gasteiger partial charge is 0.342 e. The van der Waals surface area contributed by atoms with Crippen LogP contribution in [-0.4, -0.2) is 32.3 Å². The molecule has 34 heavy (non-hydrogen) atoms. The van der Waals surface area contributed by atoms with Crippen molar-refractivity contribution in [1.82, 2.24) is 20.1 Å². The highest BCUT2D eigenvalue weighted by atomic mass is 32.2. The van der Waals surface area contributed by atoms with E-state index in [9.17, 15) is 14.9 Å². The second-order valence-electron chi connectivity index (χ2n) is 8.32. The molecule has 0 unspecified atom stereocenters. The molecule has 176 valence electrons. The lowest BCUT2D eigenvalue weighted by atomic mass is 9.96. The molecule has 0 aliphatic heterocycles. The molecule has 0 radical (unpaired) electrons. The Morgan fingerprint density at radius 1 is 1.24 bits per heavy atom. The summed E-state index contributed by atoms with van der Waals surface area (Å²) in [4.78, 5) is 26.3. The normalized spacial score (nSPS) is 13.6. The number of amides is 2. The first-order valence-electron chi connectivity index (χ1n) is 11.1. The fourth-order valence-electron chi connectivity index (χ4n) is 3.94. The monoisotopic (exact) mass is 494 g/mol. The number of nitrogens with one attached hydrogen (secondary N) is 2. The molecule has 1 atom stereocenters. The minimum atomic E-state index is -0.356. The number of anilines is 1. The molecule has 10 heteroatoms. The van der Waals surface area contributed by atoms with Crippen molar-refractivity contribution < 1.29 is 9.59 Å². The van der Waals surface area contributed by atoms with Crippen molar-refractivity contribution in [2.75, 3.05) is 11.1 Å². The van der Waals surface area contributed by atoms with E-state index in [4.69, 9.17) is 0 Å². The molecule has 2 amide bonds. The summed E-state index contributed by atoms with van der Waals surface area (Å²) in [5, 5.41) is 25.0. The van der Waals surface area contributed by atoms with E-state index in [1.165, 1.54) is 28.0 Å². The molecule has 1 aliphatic carbocycles. The van der Waals surface area contributed by atoms with Crippen molar-refractivity contribution >= 4 is 39.9 Å². The number of hydrogen-bond acceptors (Lipinski definition) is 7. The summed E-state index contributed by atoms with van der Waals surface area (Å²) >= 11 is 2.78. The number of nitrogens with zero attached hydrogens (tertiary/aromatic N) is 4. The Hall–Kier alpha value is -3.16. The van der Waals surface area contributed by atoms with Crippen LogP contribution in [0.3, 0.4) is 0 Å². The van der Waals surface area contributed by atoms with Crippen LogP contribution in [0.4, 0.5) is 5.00 Å². The van der Waals surface area contributed by atoms with E-state index in [2.05, 4.69) is 26.9 Å². The van der Waals surface area contributed by atoms with Gasteiger partial charge in [0, 0.05) is 17.5 Å². The van der Waals surface area contributed by atoms with E-state index in [1.54, 1.807) is 16.7 Å². The number of thiophene rings is 1. The molecule has 2 N–H and O–H groups in total. The second kappa shape index (κ2) is 10.4. The summed E-state index contributed by atoms with van der Waals surface area (Å²) in [7, 11) is 1.81. The van der Waals surface area contributed by atoms with E-state index in [0.29, 0.717) is 27.1 Å². The fraction of sp³-hybridized carbons (Fsp3) is 0.375. The van der Waals surface area contributed by atoms with Crippen molar-refractivity contribution in [2.45, 2.75) is 50.7 Å². The average molecular weight is 495 g/mol. The van der Waals surface area contributed by atoms with Crippen molar-refractivity contribution in [3.8, 4) is 6.07 Å². The molecular weight excluding hydrogens is 468 g/mol. The van der Waals surface area contributed by atoms with Gasteiger partial charge in [-0.05, 0) is 57.2 Å². The third kappa shape index (κ3) is 5.16. The molecule has 4 rings (SSSR count). The van der Waals surface area contributed by atoms with Crippen molar-refractivity contribution in [3.05, 3.63) is 57.2 Å². The molecule has 1 aromatic carbocycles. The second-order valence-corrected chi connectivity index (χ2v) is 10.4. The number of benzene rings is 1. The minimum Gasteiger partial charge on any atom is -0.342 e. The maximum absolute atomic E-state index is 12.6. The first-order chi connectivity index (χ1) is 16.4. The molecule has 0 saturated heterocycles. The maximum atomic E-state index is 12.6. The van der Waals surface area contributed by atoms with E-state index in [1.807, 2.05) is 33.0 Å². The fourth-order valence-corrected chi connectivity index (χ4v) is 5.92. The third-order valence-electron chi connectivity index (χ3n) is 5.79. The van der Waals surface area contributed by atoms with Crippen LogP contribution < -0.4 is 10.6 Å². The summed E-state index contributed by atoms with van der Waals surface area (Å²) in [5.74, 6) is 0.367. The zero-order valence-electron chi connectivity index (χ0n) is 19.3. The first-order valence-corrected chi connectivity index (χ1v) is 12.9. The molecule has 0 saturated carbocycles. The van der Waals surface area contributed by atoms with Crippen LogP contribution in [0.25, 0.3) is 0 Å². The van der Waals surface area contributed by atoms with Gasteiger partial charge in [-0.15, -0.1) is 21.5 Å². The number of thioether (sulfide) groups is 1. The standard InChI is InChI=1S/C24H26N6O2S2/c1-14-8-10-16(11-9-14)22(32)26-15(2)21-28-29-24(30(21)3)33-13-20(31)27-23-18(12-25)17-6-4-5-7-19(17)34-23/h8-11,15H,4-7,13H2,1-3H3,(H,26,32)(H,27,31)/t15-/m0/s1. The number of carbonyl (C=O) groups is 2. The van der Waals surface area contributed by atoms with Crippen LogP contribution in [0.2, 0.25) is 0 Å². The van der Waals surface area contributed by atoms with Crippen molar-refractivity contribution in [3.63, 3.8) is 0 Å². The molecule has 8 nitrogen and oxygen atoms in total. The number of fused-ring (bicyclic) bond motifs is 1. The zero-order valence-corrected chi connectivity index (χ0v) is 21.0. The number of aryl methyl sites for hydroxylation is 2. The summed E-state index contributed by atoms with van der Waals surface area (Å²) in [6, 6.07) is 9.28. The van der Waals surface area contributed by atoms with Gasteiger partial charge in [-0.1, -0.05) is 29.5 Å². The molecule has 0 fully saturated rings. The van der Waals surface area contributed by atoms with Crippen LogP contribution in [-0.2, 0) is 24.7 Å². The maximum Gasteiger partial charge on any atom is 0.251 e. The Kier molecular flexibility index (Phi) is 7.34. The van der Waals surface area contributed by atoms with Gasteiger partial charge in [0.15, 0.2) is 11.0 Å². The van der Waals surface area contributed by atoms with E-state index >= 15 is 0 Å². The molecule has 3 aromatic rings. The van der Waals surface area contributed by atoms with Gasteiger partial charge >= 0.3 is 0 Å². The smallest absolute Gasteiger partial charge is 0.251 e. The lowest BCUT2D eigenvalue weighted by molar-refractivity contribution is -0.113. The predicted molar refractivity (Wildman–Crippen MR) is 133 cm³/mol. The lowest BCUT2D eigenvalue weighted by Gasteiger charge is -2.13. The Balaban J connectivity index is 1.36. The Bertz CT molecular complexity index is 1260. The minimum absolute atomic E-state index is 0.142. The number of hydrogen-bond donors (Lipinski definition) is 2. The SMILES string of the molecule is Cc1ccc(C(=O)N[C@@H](C)c2nnc(SCC(=O)Nc3sc4c(c3C#N)CCCC4)n2C)cc1. The van der Waals surface area contributed by atoms with Gasteiger partial charge in [-0.3, -0.25) is 9.59 Å².